The number of carbonyl (C=O) groups excluding carboxylic acids is 1. The van der Waals surface area contributed by atoms with Crippen LogP contribution >= 0.6 is 0 Å². The third kappa shape index (κ3) is 6.45. The van der Waals surface area contributed by atoms with Gasteiger partial charge in [-0.15, -0.1) is 0 Å². The van der Waals surface area contributed by atoms with E-state index in [1.165, 1.54) is 29.2 Å². The standard InChI is InChI=1S/C26H27F6NO4/c27-25(28,29)16-37-21-14-24(11-10-20(21)34)12-13-33(23(24)35)19-8-6-18(7-9-19)22(26(30,31)32)36-15-17-4-2-1-3-5-17/h1-9,20-22,34H,10-16H2/t20?,21-,22-,24-/m1/s1. The average Bonchev–Trinajstić information content (AvgIpc) is 3.15. The maximum Gasteiger partial charge on any atom is 0.418 e. The maximum atomic E-state index is 13.7. The number of benzene rings is 2. The van der Waals surface area contributed by atoms with Crippen molar-refractivity contribution in [2.24, 2.45) is 5.41 Å². The van der Waals surface area contributed by atoms with Crippen molar-refractivity contribution in [1.29, 1.82) is 0 Å². The molecule has 0 radical (unpaired) electrons. The molecular formula is C26H27F6NO4. The summed E-state index contributed by atoms with van der Waals surface area (Å²) in [6.45, 7) is -1.49. The minimum Gasteiger partial charge on any atom is -0.390 e. The Hall–Kier alpha value is -2.63. The van der Waals surface area contributed by atoms with Crippen molar-refractivity contribution in [1.82, 2.24) is 0 Å². The van der Waals surface area contributed by atoms with Crippen LogP contribution in [-0.2, 0) is 20.9 Å². The molecule has 37 heavy (non-hydrogen) atoms. The second-order valence-electron chi connectivity index (χ2n) is 9.57. The van der Waals surface area contributed by atoms with Gasteiger partial charge in [-0.1, -0.05) is 42.5 Å². The molecule has 11 heteroatoms. The van der Waals surface area contributed by atoms with E-state index in [9.17, 15) is 36.2 Å². The molecule has 4 rings (SSSR count). The lowest BCUT2D eigenvalue weighted by Crippen LogP contribution is -2.46. The van der Waals surface area contributed by atoms with Crippen molar-refractivity contribution in [3.05, 3.63) is 65.7 Å². The molecule has 1 aliphatic carbocycles. The summed E-state index contributed by atoms with van der Waals surface area (Å²) in [5, 5.41) is 10.1. The number of aliphatic hydroxyl groups excluding tert-OH is 1. The summed E-state index contributed by atoms with van der Waals surface area (Å²) in [5.74, 6) is -0.333. The predicted octanol–water partition coefficient (Wildman–Crippen LogP) is 5.72. The summed E-state index contributed by atoms with van der Waals surface area (Å²) < 4.78 is 89.1. The monoisotopic (exact) mass is 531 g/mol. The summed E-state index contributed by atoms with van der Waals surface area (Å²) in [7, 11) is 0. The molecule has 0 bridgehead atoms. The second kappa shape index (κ2) is 10.6. The summed E-state index contributed by atoms with van der Waals surface area (Å²) in [6.07, 6.45) is -12.9. The Bertz CT molecular complexity index is 1060. The molecule has 2 aliphatic rings. The van der Waals surface area contributed by atoms with Crippen LogP contribution in [0.15, 0.2) is 54.6 Å². The van der Waals surface area contributed by atoms with Crippen LogP contribution in [0.2, 0.25) is 0 Å². The van der Waals surface area contributed by atoms with Crippen molar-refractivity contribution in [3.63, 3.8) is 0 Å². The van der Waals surface area contributed by atoms with Crippen molar-refractivity contribution in [2.45, 2.75) is 63.0 Å². The zero-order valence-corrected chi connectivity index (χ0v) is 19.8. The summed E-state index contributed by atoms with van der Waals surface area (Å²) in [4.78, 5) is 14.8. The highest BCUT2D eigenvalue weighted by Crippen LogP contribution is 2.47. The van der Waals surface area contributed by atoms with Gasteiger partial charge in [0.2, 0.25) is 5.91 Å². The van der Waals surface area contributed by atoms with E-state index in [1.807, 2.05) is 0 Å². The van der Waals surface area contributed by atoms with Crippen LogP contribution in [0, 0.1) is 5.41 Å². The smallest absolute Gasteiger partial charge is 0.390 e. The summed E-state index contributed by atoms with van der Waals surface area (Å²) in [5.41, 5.74) is -0.124. The van der Waals surface area contributed by atoms with E-state index in [0.29, 0.717) is 17.7 Å². The lowest BCUT2D eigenvalue weighted by Gasteiger charge is -2.39. The van der Waals surface area contributed by atoms with Crippen LogP contribution in [0.4, 0.5) is 32.0 Å². The Morgan fingerprint density at radius 3 is 2.30 bits per heavy atom. The molecule has 1 unspecified atom stereocenters. The highest BCUT2D eigenvalue weighted by atomic mass is 19.4. The van der Waals surface area contributed by atoms with E-state index in [0.717, 1.165) is 0 Å². The number of amides is 1. The van der Waals surface area contributed by atoms with Crippen LogP contribution in [-0.4, -0.2) is 48.7 Å². The fraction of sp³-hybridized carbons (Fsp3) is 0.500. The van der Waals surface area contributed by atoms with Gasteiger partial charge in [-0.25, -0.2) is 0 Å². The van der Waals surface area contributed by atoms with E-state index < -0.39 is 42.7 Å². The third-order valence-corrected chi connectivity index (χ3v) is 6.98. The molecule has 1 saturated carbocycles. The van der Waals surface area contributed by atoms with Gasteiger partial charge in [0.25, 0.3) is 0 Å². The van der Waals surface area contributed by atoms with Crippen molar-refractivity contribution >= 4 is 11.6 Å². The first-order chi connectivity index (χ1) is 17.4. The SMILES string of the molecule is O=C1N(c2ccc([C@@H](OCc3ccccc3)C(F)(F)F)cc2)CC[C@@]12CCC(O)[C@H](OCC(F)(F)F)C2. The molecule has 1 spiro atoms. The Balaban J connectivity index is 1.45. The molecule has 1 heterocycles. The molecule has 0 aromatic heterocycles. The fourth-order valence-electron chi connectivity index (χ4n) is 5.06. The minimum atomic E-state index is -4.65. The average molecular weight is 531 g/mol. The van der Waals surface area contributed by atoms with E-state index >= 15 is 0 Å². The zero-order valence-electron chi connectivity index (χ0n) is 19.8. The molecule has 2 aromatic carbocycles. The number of hydrogen-bond donors (Lipinski definition) is 1. The van der Waals surface area contributed by atoms with Gasteiger partial charge in [-0.3, -0.25) is 4.79 Å². The van der Waals surface area contributed by atoms with Crippen molar-refractivity contribution in [2.75, 3.05) is 18.1 Å². The normalized spacial score (nSPS) is 25.6. The second-order valence-corrected chi connectivity index (χ2v) is 9.57. The van der Waals surface area contributed by atoms with Gasteiger partial charge in [0.1, 0.15) is 6.61 Å². The molecule has 2 fully saturated rings. The van der Waals surface area contributed by atoms with E-state index in [4.69, 9.17) is 9.47 Å². The molecule has 202 valence electrons. The Kier molecular flexibility index (Phi) is 7.87. The van der Waals surface area contributed by atoms with Gasteiger partial charge in [0.05, 0.1) is 24.2 Å². The Morgan fingerprint density at radius 1 is 1.00 bits per heavy atom. The zero-order chi connectivity index (χ0) is 26.8. The highest BCUT2D eigenvalue weighted by molar-refractivity contribution is 6.00. The largest absolute Gasteiger partial charge is 0.418 e. The van der Waals surface area contributed by atoms with Crippen LogP contribution in [0.5, 0.6) is 0 Å². The number of hydrogen-bond acceptors (Lipinski definition) is 4. The number of rotatable bonds is 7. The van der Waals surface area contributed by atoms with Gasteiger partial charge < -0.3 is 19.5 Å². The molecule has 1 aliphatic heterocycles. The van der Waals surface area contributed by atoms with Crippen LogP contribution < -0.4 is 4.90 Å². The Labute approximate surface area is 210 Å². The fourth-order valence-corrected chi connectivity index (χ4v) is 5.06. The van der Waals surface area contributed by atoms with Crippen LogP contribution in [0.1, 0.15) is 42.9 Å². The Morgan fingerprint density at radius 2 is 1.68 bits per heavy atom. The van der Waals surface area contributed by atoms with Crippen LogP contribution in [0.25, 0.3) is 0 Å². The number of aliphatic hydroxyl groups is 1. The van der Waals surface area contributed by atoms with E-state index in [-0.39, 0.29) is 43.9 Å². The van der Waals surface area contributed by atoms with Gasteiger partial charge in [0.15, 0.2) is 6.10 Å². The number of nitrogens with zero attached hydrogens (tertiary/aromatic N) is 1. The van der Waals surface area contributed by atoms with Crippen molar-refractivity contribution < 1.29 is 45.7 Å². The molecular weight excluding hydrogens is 504 g/mol. The van der Waals surface area contributed by atoms with E-state index in [1.54, 1.807) is 30.3 Å². The van der Waals surface area contributed by atoms with Gasteiger partial charge in [-0.05, 0) is 48.9 Å². The lowest BCUT2D eigenvalue weighted by atomic mass is 9.70. The molecule has 5 nitrogen and oxygen atoms in total. The highest BCUT2D eigenvalue weighted by Gasteiger charge is 2.52. The number of ether oxygens (including phenoxy) is 2. The number of carbonyl (C=O) groups is 1. The molecule has 1 amide bonds. The third-order valence-electron chi connectivity index (χ3n) is 6.98. The molecule has 4 atom stereocenters. The molecule has 2 aromatic rings. The summed E-state index contributed by atoms with van der Waals surface area (Å²) in [6, 6.07) is 13.8. The van der Waals surface area contributed by atoms with Gasteiger partial charge >= 0.3 is 12.4 Å². The quantitative estimate of drug-likeness (QED) is 0.465. The first kappa shape index (κ1) is 27.4. The molecule has 1 N–H and O–H groups in total. The minimum absolute atomic E-state index is 0.0544. The predicted molar refractivity (Wildman–Crippen MR) is 122 cm³/mol. The van der Waals surface area contributed by atoms with Crippen LogP contribution in [0.3, 0.4) is 0 Å². The number of halogens is 6. The van der Waals surface area contributed by atoms with E-state index in [2.05, 4.69) is 0 Å². The number of alkyl halides is 6. The molecule has 1 saturated heterocycles. The first-order valence-electron chi connectivity index (χ1n) is 11.9. The lowest BCUT2D eigenvalue weighted by molar-refractivity contribution is -0.227. The van der Waals surface area contributed by atoms with Crippen molar-refractivity contribution in [3.8, 4) is 0 Å². The first-order valence-corrected chi connectivity index (χ1v) is 11.9. The number of anilines is 1. The maximum absolute atomic E-state index is 13.7. The van der Waals surface area contributed by atoms with Gasteiger partial charge in [0, 0.05) is 12.2 Å². The topological polar surface area (TPSA) is 59.0 Å². The summed E-state index contributed by atoms with van der Waals surface area (Å²) >= 11 is 0. The van der Waals surface area contributed by atoms with Gasteiger partial charge in [-0.2, -0.15) is 26.3 Å².